The lowest BCUT2D eigenvalue weighted by molar-refractivity contribution is 0.102. The Morgan fingerprint density at radius 2 is 1.52 bits per heavy atom. The third-order valence-corrected chi connectivity index (χ3v) is 5.59. The first-order valence-electron chi connectivity index (χ1n) is 8.01. The van der Waals surface area contributed by atoms with Crippen molar-refractivity contribution in [3.8, 4) is 11.5 Å². The number of benzene rings is 3. The maximum atomic E-state index is 12.4. The predicted octanol–water partition coefficient (Wildman–Crippen LogP) is 5.34. The van der Waals surface area contributed by atoms with Crippen LogP contribution in [0.1, 0.15) is 10.4 Å². The summed E-state index contributed by atoms with van der Waals surface area (Å²) < 4.78 is 28.2. The van der Waals surface area contributed by atoms with E-state index in [2.05, 4.69) is 5.32 Å². The van der Waals surface area contributed by atoms with E-state index in [0.717, 1.165) is 0 Å². The molecule has 0 spiro atoms. The van der Waals surface area contributed by atoms with Gasteiger partial charge in [-0.25, -0.2) is 13.6 Å². The van der Waals surface area contributed by atoms with E-state index < -0.39 is 15.9 Å². The van der Waals surface area contributed by atoms with Gasteiger partial charge >= 0.3 is 0 Å². The van der Waals surface area contributed by atoms with E-state index >= 15 is 0 Å². The van der Waals surface area contributed by atoms with Crippen molar-refractivity contribution in [3.05, 3.63) is 81.3 Å². The lowest BCUT2D eigenvalue weighted by atomic mass is 10.2. The van der Waals surface area contributed by atoms with Gasteiger partial charge in [0.25, 0.3) is 5.91 Å². The number of halogens is 3. The van der Waals surface area contributed by atoms with Crippen LogP contribution in [0, 0.1) is 0 Å². The van der Waals surface area contributed by atoms with Gasteiger partial charge in [0.2, 0.25) is 10.0 Å². The van der Waals surface area contributed by atoms with Gasteiger partial charge in [-0.3, -0.25) is 4.79 Å². The number of nitrogens with one attached hydrogen (secondary N) is 1. The molecule has 0 aliphatic rings. The molecule has 3 N–H and O–H groups in total. The van der Waals surface area contributed by atoms with Gasteiger partial charge in [0.05, 0.1) is 20.0 Å². The first-order valence-corrected chi connectivity index (χ1v) is 10.7. The van der Waals surface area contributed by atoms with Crippen LogP contribution in [0.2, 0.25) is 15.1 Å². The minimum Gasteiger partial charge on any atom is -0.453 e. The summed E-state index contributed by atoms with van der Waals surface area (Å²) in [7, 11) is -3.81. The summed E-state index contributed by atoms with van der Waals surface area (Å²) in [5, 5.41) is 8.50. The van der Waals surface area contributed by atoms with Gasteiger partial charge in [0, 0.05) is 11.3 Å². The molecule has 10 heteroatoms. The zero-order valence-electron chi connectivity index (χ0n) is 14.5. The van der Waals surface area contributed by atoms with E-state index in [9.17, 15) is 13.2 Å². The second-order valence-corrected chi connectivity index (χ2v) is 8.60. The van der Waals surface area contributed by atoms with Crippen molar-refractivity contribution in [3.63, 3.8) is 0 Å². The number of nitrogens with two attached hydrogens (primary N) is 1. The van der Waals surface area contributed by atoms with Crippen LogP contribution in [0.15, 0.2) is 65.6 Å². The van der Waals surface area contributed by atoms with Crippen LogP contribution < -0.4 is 15.2 Å². The molecule has 0 saturated heterocycles. The molecule has 6 nitrogen and oxygen atoms in total. The average molecular weight is 472 g/mol. The van der Waals surface area contributed by atoms with E-state index in [4.69, 9.17) is 44.7 Å². The zero-order chi connectivity index (χ0) is 21.2. The fourth-order valence-corrected chi connectivity index (χ4v) is 3.56. The predicted molar refractivity (Wildman–Crippen MR) is 114 cm³/mol. The molecule has 0 saturated carbocycles. The average Bonchev–Trinajstić information content (AvgIpc) is 2.65. The summed E-state index contributed by atoms with van der Waals surface area (Å²) in [6.45, 7) is 0. The number of para-hydroxylation sites is 1. The van der Waals surface area contributed by atoms with Crippen LogP contribution in [0.25, 0.3) is 0 Å². The summed E-state index contributed by atoms with van der Waals surface area (Å²) in [5.74, 6) is 0.0817. The smallest absolute Gasteiger partial charge is 0.255 e. The number of hydrogen-bond donors (Lipinski definition) is 2. The minimum absolute atomic E-state index is 0.0571. The first-order chi connectivity index (χ1) is 13.6. The van der Waals surface area contributed by atoms with Crippen LogP contribution in [-0.4, -0.2) is 14.3 Å². The normalized spacial score (nSPS) is 11.2. The molecule has 0 aliphatic heterocycles. The number of amides is 1. The highest BCUT2D eigenvalue weighted by atomic mass is 35.5. The van der Waals surface area contributed by atoms with Crippen LogP contribution >= 0.6 is 34.8 Å². The van der Waals surface area contributed by atoms with Gasteiger partial charge in [-0.1, -0.05) is 40.9 Å². The van der Waals surface area contributed by atoms with Crippen LogP contribution in [0.4, 0.5) is 5.69 Å². The molecular formula is C19H13Cl3N2O4S. The van der Waals surface area contributed by atoms with Crippen LogP contribution in [0.3, 0.4) is 0 Å². The number of sulfonamides is 1. The van der Waals surface area contributed by atoms with Crippen molar-refractivity contribution in [2.24, 2.45) is 5.14 Å². The Bertz CT molecular complexity index is 1160. The molecule has 0 radical (unpaired) electrons. The molecule has 150 valence electrons. The molecular weight excluding hydrogens is 459 g/mol. The summed E-state index contributed by atoms with van der Waals surface area (Å²) in [6, 6.07) is 14.8. The molecule has 3 aromatic carbocycles. The highest BCUT2D eigenvalue weighted by molar-refractivity contribution is 7.89. The number of ether oxygens (including phenoxy) is 1. The molecule has 3 rings (SSSR count). The van der Waals surface area contributed by atoms with Gasteiger partial charge < -0.3 is 10.1 Å². The van der Waals surface area contributed by atoms with Crippen molar-refractivity contribution < 1.29 is 17.9 Å². The van der Waals surface area contributed by atoms with E-state index in [1.165, 1.54) is 42.5 Å². The summed E-state index contributed by atoms with van der Waals surface area (Å²) >= 11 is 18.4. The van der Waals surface area contributed by atoms with Gasteiger partial charge in [0.15, 0.2) is 5.75 Å². The van der Waals surface area contributed by atoms with Crippen molar-refractivity contribution in [2.45, 2.75) is 4.90 Å². The van der Waals surface area contributed by atoms with Gasteiger partial charge in [-0.15, -0.1) is 0 Å². The molecule has 0 aromatic heterocycles. The van der Waals surface area contributed by atoms with Crippen molar-refractivity contribution in [2.75, 3.05) is 5.32 Å². The molecule has 1 amide bonds. The number of carbonyl (C=O) groups is 1. The second-order valence-electron chi connectivity index (χ2n) is 5.82. The van der Waals surface area contributed by atoms with Crippen LogP contribution in [0.5, 0.6) is 11.5 Å². The minimum atomic E-state index is -3.81. The summed E-state index contributed by atoms with van der Waals surface area (Å²) in [5.41, 5.74) is 0.657. The van der Waals surface area contributed by atoms with E-state index in [-0.39, 0.29) is 27.0 Å². The number of primary sulfonamides is 1. The Morgan fingerprint density at radius 3 is 2.07 bits per heavy atom. The van der Waals surface area contributed by atoms with Gasteiger partial charge in [0.1, 0.15) is 5.75 Å². The molecule has 0 heterocycles. The lowest BCUT2D eigenvalue weighted by Crippen LogP contribution is -2.14. The molecule has 0 aliphatic carbocycles. The molecule has 0 fully saturated rings. The number of rotatable bonds is 5. The van der Waals surface area contributed by atoms with Crippen molar-refractivity contribution in [1.82, 2.24) is 0 Å². The molecule has 0 unspecified atom stereocenters. The molecule has 29 heavy (non-hydrogen) atoms. The largest absolute Gasteiger partial charge is 0.453 e. The van der Waals surface area contributed by atoms with Gasteiger partial charge in [-0.2, -0.15) is 0 Å². The summed E-state index contributed by atoms with van der Waals surface area (Å²) in [6.07, 6.45) is 0. The Labute approximate surface area is 182 Å². The first kappa shape index (κ1) is 21.4. The van der Waals surface area contributed by atoms with Crippen LogP contribution in [-0.2, 0) is 10.0 Å². The maximum absolute atomic E-state index is 12.4. The number of hydrogen-bond acceptors (Lipinski definition) is 4. The van der Waals surface area contributed by atoms with Crippen molar-refractivity contribution >= 4 is 56.4 Å². The highest BCUT2D eigenvalue weighted by Crippen LogP contribution is 2.38. The van der Waals surface area contributed by atoms with E-state index in [1.807, 2.05) is 0 Å². The summed E-state index contributed by atoms with van der Waals surface area (Å²) in [4.78, 5) is 12.4. The fourth-order valence-electron chi connectivity index (χ4n) is 2.35. The number of anilines is 1. The third kappa shape index (κ3) is 5.20. The van der Waals surface area contributed by atoms with E-state index in [0.29, 0.717) is 15.7 Å². The van der Waals surface area contributed by atoms with Crippen molar-refractivity contribution in [1.29, 1.82) is 0 Å². The zero-order valence-corrected chi connectivity index (χ0v) is 17.6. The third-order valence-electron chi connectivity index (χ3n) is 3.77. The fraction of sp³-hybridized carbons (Fsp3) is 0. The topological polar surface area (TPSA) is 98.5 Å². The van der Waals surface area contributed by atoms with Gasteiger partial charge in [-0.05, 0) is 54.6 Å². The molecule has 0 atom stereocenters. The quantitative estimate of drug-likeness (QED) is 0.525. The monoisotopic (exact) mass is 470 g/mol. The lowest BCUT2D eigenvalue weighted by Gasteiger charge is -2.12. The second kappa shape index (κ2) is 8.61. The Morgan fingerprint density at radius 1 is 0.897 bits per heavy atom. The standard InChI is InChI=1S/C19H13Cl3N2O4S/c20-14-2-1-3-15(21)18(14)28-17-9-4-11(10-16(17)22)19(25)24-12-5-7-13(8-6-12)29(23,26)27/h1-10H,(H,24,25)(H2,23,26,27). The molecule has 3 aromatic rings. The highest BCUT2D eigenvalue weighted by Gasteiger charge is 2.14. The Balaban J connectivity index is 1.76. The SMILES string of the molecule is NS(=O)(=O)c1ccc(NC(=O)c2ccc(Oc3c(Cl)cccc3Cl)c(Cl)c2)cc1. The molecule has 0 bridgehead atoms. The number of carbonyl (C=O) groups excluding carboxylic acids is 1. The Kier molecular flexibility index (Phi) is 6.36. The maximum Gasteiger partial charge on any atom is 0.255 e. The Hall–Kier alpha value is -2.29. The van der Waals surface area contributed by atoms with E-state index in [1.54, 1.807) is 18.2 Å².